The van der Waals surface area contributed by atoms with Gasteiger partial charge in [0.2, 0.25) is 0 Å². The minimum atomic E-state index is -0.477. The highest BCUT2D eigenvalue weighted by Gasteiger charge is 2.08. The third kappa shape index (κ3) is 5.80. The largest absolute Gasteiger partial charge is 0.482 e. The van der Waals surface area contributed by atoms with Gasteiger partial charge in [0.15, 0.2) is 6.61 Å². The number of rotatable bonds is 8. The quantitative estimate of drug-likeness (QED) is 0.310. The van der Waals surface area contributed by atoms with Crippen molar-refractivity contribution in [2.75, 3.05) is 6.61 Å². The Morgan fingerprint density at radius 1 is 0.966 bits per heavy atom. The molecule has 0 N–H and O–H groups in total. The van der Waals surface area contributed by atoms with Crippen LogP contribution in [-0.2, 0) is 16.1 Å². The van der Waals surface area contributed by atoms with Crippen molar-refractivity contribution in [2.45, 2.75) is 13.5 Å². The minimum Gasteiger partial charge on any atom is -0.482 e. The fourth-order valence-corrected chi connectivity index (χ4v) is 2.53. The van der Waals surface area contributed by atoms with Crippen molar-refractivity contribution in [3.05, 3.63) is 94.0 Å². The molecule has 0 amide bonds. The number of nitrogens with zero attached hydrogens (tertiary/aromatic N) is 1. The number of hydrogen-bond acceptors (Lipinski definition) is 6. The van der Waals surface area contributed by atoms with Crippen LogP contribution >= 0.6 is 0 Å². The lowest BCUT2D eigenvalue weighted by atomic mass is 10.2. The van der Waals surface area contributed by atoms with Gasteiger partial charge in [-0.2, -0.15) is 0 Å². The number of para-hydroxylation sites is 1. The first-order valence-electron chi connectivity index (χ1n) is 8.86. The summed E-state index contributed by atoms with van der Waals surface area (Å²) >= 11 is 0. The molecule has 0 fully saturated rings. The number of nitro groups is 1. The van der Waals surface area contributed by atoms with Crippen LogP contribution in [0.3, 0.4) is 0 Å². The molecule has 0 aromatic heterocycles. The Bertz CT molecular complexity index is 1000. The van der Waals surface area contributed by atoms with Crippen molar-refractivity contribution in [3.63, 3.8) is 0 Å². The molecule has 7 nitrogen and oxygen atoms in total. The molecule has 29 heavy (non-hydrogen) atoms. The van der Waals surface area contributed by atoms with Crippen molar-refractivity contribution in [3.8, 4) is 17.2 Å². The maximum Gasteiger partial charge on any atom is 0.344 e. The van der Waals surface area contributed by atoms with E-state index in [9.17, 15) is 14.9 Å². The van der Waals surface area contributed by atoms with Crippen LogP contribution in [-0.4, -0.2) is 17.5 Å². The van der Waals surface area contributed by atoms with Crippen LogP contribution in [0.2, 0.25) is 0 Å². The van der Waals surface area contributed by atoms with Gasteiger partial charge in [0.1, 0.15) is 23.9 Å². The summed E-state index contributed by atoms with van der Waals surface area (Å²) in [5, 5.41) is 10.7. The zero-order valence-electron chi connectivity index (χ0n) is 15.7. The third-order valence-corrected chi connectivity index (χ3v) is 4.02. The summed E-state index contributed by atoms with van der Waals surface area (Å²) in [5.74, 6) is 1.16. The average Bonchev–Trinajstić information content (AvgIpc) is 2.72. The maximum atomic E-state index is 11.9. The highest BCUT2D eigenvalue weighted by atomic mass is 16.6. The molecule has 148 valence electrons. The summed E-state index contributed by atoms with van der Waals surface area (Å²) in [5.41, 5.74) is 1.68. The molecule has 0 saturated heterocycles. The third-order valence-electron chi connectivity index (χ3n) is 4.02. The Balaban J connectivity index is 1.52. The molecule has 0 aliphatic rings. The fourth-order valence-electron chi connectivity index (χ4n) is 2.53. The molecular formula is C22H19NO6. The molecule has 0 heterocycles. The van der Waals surface area contributed by atoms with E-state index in [4.69, 9.17) is 14.2 Å². The number of hydrogen-bond donors (Lipinski definition) is 0. The molecule has 0 aliphatic carbocycles. The lowest BCUT2D eigenvalue weighted by Crippen LogP contribution is -2.15. The molecule has 0 spiro atoms. The van der Waals surface area contributed by atoms with Crippen LogP contribution in [0.15, 0.2) is 72.8 Å². The number of carbonyl (C=O) groups excluding carboxylic acids is 1. The Morgan fingerprint density at radius 2 is 1.72 bits per heavy atom. The predicted molar refractivity (Wildman–Crippen MR) is 106 cm³/mol. The van der Waals surface area contributed by atoms with E-state index < -0.39 is 10.9 Å². The Labute approximate surface area is 167 Å². The van der Waals surface area contributed by atoms with E-state index in [1.165, 1.54) is 24.3 Å². The number of non-ortho nitro benzene ring substituents is 1. The summed E-state index contributed by atoms with van der Waals surface area (Å²) in [6, 6.07) is 20.3. The van der Waals surface area contributed by atoms with Crippen LogP contribution in [0.4, 0.5) is 5.69 Å². The highest BCUT2D eigenvalue weighted by Crippen LogP contribution is 2.24. The number of ether oxygens (including phenoxy) is 3. The van der Waals surface area contributed by atoms with Gasteiger partial charge in [0, 0.05) is 12.1 Å². The monoisotopic (exact) mass is 393 g/mol. The van der Waals surface area contributed by atoms with Gasteiger partial charge >= 0.3 is 5.97 Å². The Kier molecular flexibility index (Phi) is 6.42. The van der Waals surface area contributed by atoms with E-state index in [1.54, 1.807) is 30.3 Å². The highest BCUT2D eigenvalue weighted by molar-refractivity contribution is 5.71. The van der Waals surface area contributed by atoms with Gasteiger partial charge in [-0.3, -0.25) is 10.1 Å². The fraction of sp³-hybridized carbons (Fsp3) is 0.136. The van der Waals surface area contributed by atoms with Crippen LogP contribution in [0.5, 0.6) is 17.2 Å². The summed E-state index contributed by atoms with van der Waals surface area (Å²) in [6.45, 7) is 1.80. The summed E-state index contributed by atoms with van der Waals surface area (Å²) < 4.78 is 16.4. The molecule has 0 atom stereocenters. The van der Waals surface area contributed by atoms with E-state index in [-0.39, 0.29) is 18.9 Å². The molecule has 0 radical (unpaired) electrons. The van der Waals surface area contributed by atoms with E-state index >= 15 is 0 Å². The van der Waals surface area contributed by atoms with Gasteiger partial charge in [-0.1, -0.05) is 30.3 Å². The molecule has 0 aliphatic heterocycles. The van der Waals surface area contributed by atoms with E-state index in [2.05, 4.69) is 0 Å². The predicted octanol–water partition coefficient (Wildman–Crippen LogP) is 4.82. The number of carbonyl (C=O) groups is 1. The van der Waals surface area contributed by atoms with E-state index in [0.29, 0.717) is 17.2 Å². The minimum absolute atomic E-state index is 0.00840. The number of benzene rings is 3. The molecule has 0 bridgehead atoms. The summed E-state index contributed by atoms with van der Waals surface area (Å²) in [7, 11) is 0. The SMILES string of the molecule is Cc1ccccc1OCC(=O)OCc1cccc(Oc2ccc([N+](=O)[O-])cc2)c1. The topological polar surface area (TPSA) is 87.9 Å². The molecular weight excluding hydrogens is 374 g/mol. The normalized spacial score (nSPS) is 10.2. The van der Waals surface area contributed by atoms with Gasteiger partial charge in [-0.15, -0.1) is 0 Å². The van der Waals surface area contributed by atoms with Crippen molar-refractivity contribution >= 4 is 11.7 Å². The standard InChI is InChI=1S/C22H19NO6/c1-16-5-2-3-8-21(16)27-15-22(24)28-14-17-6-4-7-20(13-17)29-19-11-9-18(10-12-19)23(25)26/h2-13H,14-15H2,1H3. The van der Waals surface area contributed by atoms with Crippen LogP contribution in [0.1, 0.15) is 11.1 Å². The lowest BCUT2D eigenvalue weighted by Gasteiger charge is -2.10. The number of nitro benzene ring substituents is 1. The molecule has 0 saturated carbocycles. The zero-order valence-corrected chi connectivity index (χ0v) is 15.7. The van der Waals surface area contributed by atoms with Crippen molar-refractivity contribution < 1.29 is 23.9 Å². The zero-order chi connectivity index (χ0) is 20.6. The molecule has 3 aromatic rings. The van der Waals surface area contributed by atoms with Gasteiger partial charge in [0.25, 0.3) is 5.69 Å². The molecule has 0 unspecified atom stereocenters. The van der Waals surface area contributed by atoms with Gasteiger partial charge in [-0.25, -0.2) is 4.79 Å². The second kappa shape index (κ2) is 9.36. The van der Waals surface area contributed by atoms with Crippen LogP contribution in [0.25, 0.3) is 0 Å². The van der Waals surface area contributed by atoms with Crippen molar-refractivity contribution in [1.29, 1.82) is 0 Å². The summed E-state index contributed by atoms with van der Waals surface area (Å²) in [6.07, 6.45) is 0. The number of aryl methyl sites for hydroxylation is 1. The van der Waals surface area contributed by atoms with Crippen LogP contribution < -0.4 is 9.47 Å². The second-order valence-corrected chi connectivity index (χ2v) is 6.22. The maximum absolute atomic E-state index is 11.9. The van der Waals surface area contributed by atoms with Gasteiger partial charge in [-0.05, 0) is 48.4 Å². The smallest absolute Gasteiger partial charge is 0.344 e. The van der Waals surface area contributed by atoms with Crippen molar-refractivity contribution in [2.24, 2.45) is 0 Å². The number of esters is 1. The Morgan fingerprint density at radius 3 is 2.45 bits per heavy atom. The van der Waals surface area contributed by atoms with E-state index in [0.717, 1.165) is 11.1 Å². The summed E-state index contributed by atoms with van der Waals surface area (Å²) in [4.78, 5) is 22.2. The Hall–Kier alpha value is -3.87. The molecule has 3 aromatic carbocycles. The lowest BCUT2D eigenvalue weighted by molar-refractivity contribution is -0.384. The first-order chi connectivity index (χ1) is 14.0. The van der Waals surface area contributed by atoms with Gasteiger partial charge < -0.3 is 14.2 Å². The first kappa shape index (κ1) is 19.9. The van der Waals surface area contributed by atoms with E-state index in [1.807, 2.05) is 25.1 Å². The van der Waals surface area contributed by atoms with Crippen LogP contribution in [0, 0.1) is 17.0 Å². The first-order valence-corrected chi connectivity index (χ1v) is 8.86. The molecule has 7 heteroatoms. The second-order valence-electron chi connectivity index (χ2n) is 6.22. The molecule has 3 rings (SSSR count). The average molecular weight is 393 g/mol. The van der Waals surface area contributed by atoms with Crippen molar-refractivity contribution in [1.82, 2.24) is 0 Å². The van der Waals surface area contributed by atoms with Gasteiger partial charge in [0.05, 0.1) is 4.92 Å².